The van der Waals surface area contributed by atoms with Gasteiger partial charge in [-0.3, -0.25) is 28.8 Å². The highest BCUT2D eigenvalue weighted by Crippen LogP contribution is 2.45. The Kier molecular flexibility index (Phi) is 15.1. The number of para-hydroxylation sites is 1. The van der Waals surface area contributed by atoms with Gasteiger partial charge in [0.05, 0.1) is 42.0 Å². The zero-order valence-corrected chi connectivity index (χ0v) is 42.2. The summed E-state index contributed by atoms with van der Waals surface area (Å²) >= 11 is 0. The number of carbonyl (C=O) groups is 7. The molecule has 4 aromatic carbocycles. The number of nitrogens with one attached hydrogen (secondary N) is 4. The van der Waals surface area contributed by atoms with E-state index in [1.165, 1.54) is 11.8 Å². The maximum Gasteiger partial charge on any atom is 0.407 e. The minimum absolute atomic E-state index is 0.00349. The minimum atomic E-state index is -1.99. The first kappa shape index (κ1) is 52.2. The number of rotatable bonds is 19. The average molecular weight is 1030 g/mol. The number of fused-ring (bicyclic) bond motifs is 8. The van der Waals surface area contributed by atoms with Gasteiger partial charge in [0.1, 0.15) is 31.3 Å². The number of primary amides is 1. The summed E-state index contributed by atoms with van der Waals surface area (Å²) in [4.78, 5) is 114. The molecule has 19 heteroatoms. The van der Waals surface area contributed by atoms with Crippen LogP contribution in [0.15, 0.2) is 114 Å². The third-order valence-corrected chi connectivity index (χ3v) is 14.5. The molecular weight excluding hydrogens is 973 g/mol. The number of pyridine rings is 2. The van der Waals surface area contributed by atoms with Gasteiger partial charge in [-0.25, -0.2) is 14.6 Å². The highest BCUT2D eigenvalue weighted by atomic mass is 16.6. The van der Waals surface area contributed by atoms with E-state index in [0.717, 1.165) is 38.8 Å². The summed E-state index contributed by atoms with van der Waals surface area (Å²) in [6, 6.07) is 29.8. The number of hydrogen-bond acceptors (Lipinski definition) is 12. The van der Waals surface area contributed by atoms with Crippen molar-refractivity contribution in [3.8, 4) is 22.5 Å². The zero-order chi connectivity index (χ0) is 53.8. The number of hydrogen-bond donors (Lipinski definition) is 6. The maximum absolute atomic E-state index is 13.9. The molecule has 392 valence electrons. The highest BCUT2D eigenvalue weighted by Gasteiger charge is 2.46. The van der Waals surface area contributed by atoms with E-state index in [1.54, 1.807) is 48.7 Å². The zero-order valence-electron chi connectivity index (χ0n) is 42.2. The van der Waals surface area contributed by atoms with Crippen molar-refractivity contribution in [1.29, 1.82) is 0 Å². The lowest BCUT2D eigenvalue weighted by molar-refractivity contribution is -0.172. The summed E-state index contributed by atoms with van der Waals surface area (Å²) in [5, 5.41) is 22.4. The van der Waals surface area contributed by atoms with Gasteiger partial charge in [0.25, 0.3) is 5.56 Å². The summed E-state index contributed by atoms with van der Waals surface area (Å²) in [6.45, 7) is 4.60. The van der Waals surface area contributed by atoms with Crippen LogP contribution in [0.1, 0.15) is 78.5 Å². The Morgan fingerprint density at radius 1 is 0.842 bits per heavy atom. The second kappa shape index (κ2) is 22.0. The molecule has 4 heterocycles. The SMILES string of the molecule is CCN(CCc1c2c(nc3ccccc13)-c1cc3c(c(=O)n1C2)COC(=O)[C@]3(O)CC)C(=O)CNC(=O)[C@H](CC(N)=O)NC(=O)[C@H](C)NC(=O)[C@H](Cc1ccccc1)NC(=O)OCC1c2ccccc2-c2ccccc21. The number of benzene rings is 4. The van der Waals surface area contributed by atoms with Gasteiger partial charge >= 0.3 is 12.1 Å². The summed E-state index contributed by atoms with van der Waals surface area (Å²) in [5.41, 5.74) is 11.5. The monoisotopic (exact) mass is 1030 g/mol. The van der Waals surface area contributed by atoms with E-state index in [1.807, 2.05) is 78.9 Å². The third-order valence-electron chi connectivity index (χ3n) is 14.5. The number of cyclic esters (lactones) is 1. The van der Waals surface area contributed by atoms with E-state index in [0.29, 0.717) is 28.9 Å². The summed E-state index contributed by atoms with van der Waals surface area (Å²) in [7, 11) is 0. The van der Waals surface area contributed by atoms with Crippen LogP contribution in [0.2, 0.25) is 0 Å². The largest absolute Gasteiger partial charge is 0.458 e. The molecule has 0 fully saturated rings. The number of esters is 1. The van der Waals surface area contributed by atoms with E-state index < -0.39 is 83.8 Å². The van der Waals surface area contributed by atoms with Crippen LogP contribution in [0.25, 0.3) is 33.4 Å². The quantitative estimate of drug-likeness (QED) is 0.0635. The first-order valence-electron chi connectivity index (χ1n) is 25.3. The van der Waals surface area contributed by atoms with Gasteiger partial charge in [-0.1, -0.05) is 104 Å². The molecule has 4 atom stereocenters. The van der Waals surface area contributed by atoms with Gasteiger partial charge in [0.15, 0.2) is 5.60 Å². The second-order valence-corrected chi connectivity index (χ2v) is 19.2. The molecule has 9 rings (SSSR count). The fourth-order valence-corrected chi connectivity index (χ4v) is 10.4. The van der Waals surface area contributed by atoms with Gasteiger partial charge in [-0.2, -0.15) is 0 Å². The number of carbonyl (C=O) groups excluding carboxylic acids is 7. The standard InChI is InChI=1S/C57H58N8O11/c1-4-57(74)43-26-47-50-40(29-65(47)54(71)42(43)31-75-55(57)72)38(39-21-13-14-22-44(39)61-50)23-24-64(5-2)49(67)28-59-52(69)46(27-48(58)66)62-51(68)32(3)60-53(70)45(25-33-15-7-6-8-16-33)63-56(73)76-30-41-36-19-11-9-17-34(36)35-18-10-12-20-37(35)41/h6-22,26,32,41,45-46,74H,4-5,23-25,27-31H2,1-3H3,(H2,58,66)(H,59,69)(H,60,70)(H,62,68)(H,63,73)/t32-,45-,46-,57-/m0/s1. The van der Waals surface area contributed by atoms with E-state index in [9.17, 15) is 43.5 Å². The molecule has 0 saturated heterocycles. The number of aliphatic hydroxyl groups is 1. The molecule has 2 aromatic heterocycles. The van der Waals surface area contributed by atoms with Crippen LogP contribution in [0.3, 0.4) is 0 Å². The summed E-state index contributed by atoms with van der Waals surface area (Å²) in [6.07, 6.45) is -1.11. The molecule has 0 radical (unpaired) electrons. The van der Waals surface area contributed by atoms with E-state index in [2.05, 4.69) is 21.3 Å². The Morgan fingerprint density at radius 2 is 1.51 bits per heavy atom. The first-order chi connectivity index (χ1) is 36.6. The van der Waals surface area contributed by atoms with Crippen LogP contribution >= 0.6 is 0 Å². The predicted molar refractivity (Wildman–Crippen MR) is 279 cm³/mol. The van der Waals surface area contributed by atoms with Gasteiger partial charge < -0.3 is 51.0 Å². The maximum atomic E-state index is 13.9. The molecule has 1 aliphatic carbocycles. The minimum Gasteiger partial charge on any atom is -0.458 e. The van der Waals surface area contributed by atoms with Crippen molar-refractivity contribution < 1.29 is 48.1 Å². The number of amides is 6. The highest BCUT2D eigenvalue weighted by molar-refractivity contribution is 5.97. The summed E-state index contributed by atoms with van der Waals surface area (Å²) in [5.74, 6) is -4.88. The first-order valence-corrected chi connectivity index (χ1v) is 25.3. The number of aromatic nitrogens is 2. The normalized spacial score (nSPS) is 16.1. The van der Waals surface area contributed by atoms with Crippen LogP contribution in [-0.4, -0.2) is 106 Å². The van der Waals surface area contributed by atoms with Crippen LogP contribution in [0.4, 0.5) is 4.79 Å². The van der Waals surface area contributed by atoms with Crippen molar-refractivity contribution in [3.63, 3.8) is 0 Å². The molecule has 6 aromatic rings. The van der Waals surface area contributed by atoms with Crippen molar-refractivity contribution in [2.24, 2.45) is 5.73 Å². The van der Waals surface area contributed by atoms with Crippen LogP contribution in [-0.2, 0) is 69.8 Å². The van der Waals surface area contributed by atoms with Crippen LogP contribution in [0, 0.1) is 0 Å². The molecule has 19 nitrogen and oxygen atoms in total. The second-order valence-electron chi connectivity index (χ2n) is 19.2. The topological polar surface area (TPSA) is 270 Å². The molecule has 0 spiro atoms. The smallest absolute Gasteiger partial charge is 0.407 e. The van der Waals surface area contributed by atoms with E-state index in [-0.39, 0.29) is 62.7 Å². The van der Waals surface area contributed by atoms with Crippen LogP contribution < -0.4 is 32.6 Å². The lowest BCUT2D eigenvalue weighted by Crippen LogP contribution is -2.57. The number of likely N-dealkylation sites (N-methyl/N-ethyl adjacent to an activating group) is 1. The number of nitrogens with two attached hydrogens (primary N) is 1. The van der Waals surface area contributed by atoms with Crippen LogP contribution in [0.5, 0.6) is 0 Å². The van der Waals surface area contributed by atoms with Gasteiger partial charge in [0, 0.05) is 41.9 Å². The van der Waals surface area contributed by atoms with Gasteiger partial charge in [0.2, 0.25) is 29.5 Å². The molecule has 3 aliphatic rings. The van der Waals surface area contributed by atoms with Crippen molar-refractivity contribution in [2.45, 2.75) is 89.3 Å². The molecular formula is C57H58N8O11. The molecule has 0 unspecified atom stereocenters. The molecule has 0 bridgehead atoms. The Morgan fingerprint density at radius 3 is 2.20 bits per heavy atom. The van der Waals surface area contributed by atoms with Crippen molar-refractivity contribution >= 4 is 52.5 Å². The van der Waals surface area contributed by atoms with Gasteiger partial charge in [-0.15, -0.1) is 0 Å². The number of ether oxygens (including phenoxy) is 2. The predicted octanol–water partition coefficient (Wildman–Crippen LogP) is 3.60. The van der Waals surface area contributed by atoms with E-state index in [4.69, 9.17) is 20.2 Å². The van der Waals surface area contributed by atoms with Crippen molar-refractivity contribution in [3.05, 3.63) is 158 Å². The third kappa shape index (κ3) is 10.4. The molecule has 6 amide bonds. The summed E-state index contributed by atoms with van der Waals surface area (Å²) < 4.78 is 12.5. The Bertz CT molecular complexity index is 3320. The Hall–Kier alpha value is -8.71. The van der Waals surface area contributed by atoms with E-state index >= 15 is 0 Å². The van der Waals surface area contributed by atoms with Gasteiger partial charge in [-0.05, 0) is 72.2 Å². The lowest BCUT2D eigenvalue weighted by atomic mass is 9.86. The Labute approximate surface area is 437 Å². The fourth-order valence-electron chi connectivity index (χ4n) is 10.4. The lowest BCUT2D eigenvalue weighted by Gasteiger charge is -2.31. The molecule has 7 N–H and O–H groups in total. The molecule has 76 heavy (non-hydrogen) atoms. The molecule has 0 saturated carbocycles. The number of nitrogens with zero attached hydrogens (tertiary/aromatic N) is 3. The van der Waals surface area contributed by atoms with Crippen molar-refractivity contribution in [2.75, 3.05) is 26.2 Å². The Balaban J connectivity index is 0.828. The number of alkyl carbamates (subject to hydrolysis) is 1. The van der Waals surface area contributed by atoms with Crippen molar-refractivity contribution in [1.82, 2.24) is 35.7 Å². The fraction of sp³-hybridized carbons (Fsp3) is 0.316. The average Bonchev–Trinajstić information content (AvgIpc) is 4.08. The molecule has 2 aliphatic heterocycles.